The molecule has 1 N–H and O–H groups in total. The van der Waals surface area contributed by atoms with Crippen molar-refractivity contribution in [2.75, 3.05) is 13.7 Å². The van der Waals surface area contributed by atoms with E-state index in [1.165, 1.54) is 17.9 Å². The molecule has 0 aliphatic carbocycles. The number of carbonyl (C=O) groups is 2. The van der Waals surface area contributed by atoms with Crippen LogP contribution in [0, 0.1) is 17.5 Å². The number of hydrogen-bond acceptors (Lipinski definition) is 6. The van der Waals surface area contributed by atoms with Crippen LogP contribution >= 0.6 is 0 Å². The van der Waals surface area contributed by atoms with Crippen LogP contribution in [-0.2, 0) is 6.54 Å². The molecule has 0 saturated carbocycles. The molecule has 4 heterocycles. The highest BCUT2D eigenvalue weighted by Crippen LogP contribution is 2.43. The maximum Gasteiger partial charge on any atom is 0.274 e. The van der Waals surface area contributed by atoms with Gasteiger partial charge in [0.15, 0.2) is 17.1 Å². The number of carbonyl (C=O) groups excluding carboxylic acids is 2. The van der Waals surface area contributed by atoms with Crippen LogP contribution in [0.1, 0.15) is 52.2 Å². The summed E-state index contributed by atoms with van der Waals surface area (Å²) < 4.78 is 48.5. The van der Waals surface area contributed by atoms with Gasteiger partial charge in [-0.3, -0.25) is 24.4 Å². The summed E-state index contributed by atoms with van der Waals surface area (Å²) in [6, 6.07) is 7.67. The Hall–Kier alpha value is -4.48. The first-order valence-electron chi connectivity index (χ1n) is 12.7. The quantitative estimate of drug-likeness (QED) is 0.536. The Labute approximate surface area is 225 Å². The highest BCUT2D eigenvalue weighted by atomic mass is 19.1. The van der Waals surface area contributed by atoms with E-state index in [0.717, 1.165) is 0 Å². The van der Waals surface area contributed by atoms with Crippen molar-refractivity contribution in [1.29, 1.82) is 0 Å². The van der Waals surface area contributed by atoms with E-state index >= 15 is 0 Å². The number of halogens is 3. The van der Waals surface area contributed by atoms with Crippen molar-refractivity contribution in [3.63, 3.8) is 0 Å². The molecule has 1 spiro atoms. The van der Waals surface area contributed by atoms with Crippen molar-refractivity contribution in [3.05, 3.63) is 97.8 Å². The fraction of sp³-hybridized carbons (Fsp3) is 0.321. The number of pyridine rings is 1. The van der Waals surface area contributed by atoms with Gasteiger partial charge in [0.1, 0.15) is 23.0 Å². The van der Waals surface area contributed by atoms with Crippen LogP contribution in [0.15, 0.2) is 57.4 Å². The first kappa shape index (κ1) is 25.8. The summed E-state index contributed by atoms with van der Waals surface area (Å²) in [6.07, 6.45) is 2.38. The van der Waals surface area contributed by atoms with Gasteiger partial charge in [0.05, 0.1) is 23.9 Å². The second kappa shape index (κ2) is 9.32. The maximum absolute atomic E-state index is 14.1. The molecule has 2 atom stereocenters. The van der Waals surface area contributed by atoms with Crippen LogP contribution in [0.2, 0.25) is 0 Å². The number of amides is 2. The summed E-state index contributed by atoms with van der Waals surface area (Å²) in [5.74, 6) is -5.16. The van der Waals surface area contributed by atoms with Crippen LogP contribution in [-0.4, -0.2) is 46.6 Å². The van der Waals surface area contributed by atoms with Gasteiger partial charge in [-0.05, 0) is 31.9 Å². The Morgan fingerprint density at radius 1 is 1.12 bits per heavy atom. The van der Waals surface area contributed by atoms with Gasteiger partial charge in [-0.25, -0.2) is 13.2 Å². The van der Waals surface area contributed by atoms with E-state index in [-0.39, 0.29) is 24.0 Å². The SMILES string of the molecule is COc1c2n(cc(C(=O)NCc3c(F)cc(F)cc3F)c1=O)C1CN(C2=O)[C@@H](C)CCC12N=c1ccccc1=N2. The van der Waals surface area contributed by atoms with Crippen molar-refractivity contribution >= 4 is 11.8 Å². The van der Waals surface area contributed by atoms with Crippen molar-refractivity contribution in [1.82, 2.24) is 14.8 Å². The highest BCUT2D eigenvalue weighted by Gasteiger charge is 2.51. The molecule has 3 aliphatic rings. The van der Waals surface area contributed by atoms with Gasteiger partial charge in [-0.15, -0.1) is 0 Å². The van der Waals surface area contributed by atoms with Crippen LogP contribution < -0.4 is 26.2 Å². The molecule has 6 rings (SSSR count). The van der Waals surface area contributed by atoms with E-state index in [0.29, 0.717) is 35.7 Å². The first-order chi connectivity index (χ1) is 19.1. The van der Waals surface area contributed by atoms with Gasteiger partial charge in [-0.1, -0.05) is 12.1 Å². The molecule has 1 fully saturated rings. The number of hydrogen-bond donors (Lipinski definition) is 1. The molecular weight excluding hydrogens is 527 g/mol. The predicted molar refractivity (Wildman–Crippen MR) is 135 cm³/mol. The van der Waals surface area contributed by atoms with Crippen LogP contribution in [0.3, 0.4) is 0 Å². The molecular formula is C28H24F3N5O4. The van der Waals surface area contributed by atoms with Crippen LogP contribution in [0.5, 0.6) is 5.75 Å². The lowest BCUT2D eigenvalue weighted by Crippen LogP contribution is -2.51. The lowest BCUT2D eigenvalue weighted by Gasteiger charge is -2.41. The molecule has 1 aromatic heterocycles. The number of para-hydroxylation sites is 2. The Kier molecular flexibility index (Phi) is 6.00. The number of nitrogens with zero attached hydrogens (tertiary/aromatic N) is 4. The molecule has 40 heavy (non-hydrogen) atoms. The summed E-state index contributed by atoms with van der Waals surface area (Å²) in [5, 5.41) is 3.73. The molecule has 2 amide bonds. The summed E-state index contributed by atoms with van der Waals surface area (Å²) in [4.78, 5) is 51.9. The topological polar surface area (TPSA) is 105 Å². The number of fused-ring (bicyclic) bond motifs is 6. The Morgan fingerprint density at radius 3 is 2.40 bits per heavy atom. The lowest BCUT2D eigenvalue weighted by atomic mass is 9.94. The molecule has 12 heteroatoms. The molecule has 0 radical (unpaired) electrons. The smallest absolute Gasteiger partial charge is 0.274 e. The third-order valence-corrected chi connectivity index (χ3v) is 7.85. The second-order valence-corrected chi connectivity index (χ2v) is 10.1. The zero-order valence-corrected chi connectivity index (χ0v) is 21.6. The average Bonchev–Trinajstić information content (AvgIpc) is 3.25. The maximum atomic E-state index is 14.1. The fourth-order valence-corrected chi connectivity index (χ4v) is 5.76. The minimum atomic E-state index is -1.18. The number of methoxy groups -OCH3 is 1. The molecule has 2 aromatic carbocycles. The molecule has 2 bridgehead atoms. The Balaban J connectivity index is 1.47. The van der Waals surface area contributed by atoms with Gasteiger partial charge < -0.3 is 19.5 Å². The minimum Gasteiger partial charge on any atom is -0.491 e. The zero-order valence-electron chi connectivity index (χ0n) is 21.6. The van der Waals surface area contributed by atoms with E-state index in [1.54, 1.807) is 4.90 Å². The molecule has 3 aromatic rings. The zero-order chi connectivity index (χ0) is 28.3. The van der Waals surface area contributed by atoms with Crippen LogP contribution in [0.25, 0.3) is 0 Å². The number of nitrogens with one attached hydrogen (secondary N) is 1. The molecule has 3 aliphatic heterocycles. The largest absolute Gasteiger partial charge is 0.491 e. The summed E-state index contributed by atoms with van der Waals surface area (Å²) in [5.41, 5.74) is -2.84. The van der Waals surface area contributed by atoms with Gasteiger partial charge in [0.25, 0.3) is 11.8 Å². The second-order valence-electron chi connectivity index (χ2n) is 10.1. The molecule has 1 unspecified atom stereocenters. The van der Waals surface area contributed by atoms with E-state index in [9.17, 15) is 27.6 Å². The predicted octanol–water partition coefficient (Wildman–Crippen LogP) is 2.03. The fourth-order valence-electron chi connectivity index (χ4n) is 5.76. The first-order valence-corrected chi connectivity index (χ1v) is 12.7. The molecule has 206 valence electrons. The van der Waals surface area contributed by atoms with Gasteiger partial charge in [-0.2, -0.15) is 0 Å². The van der Waals surface area contributed by atoms with Crippen molar-refractivity contribution in [3.8, 4) is 5.75 Å². The standard InChI is InChI=1S/C28H24F3N5O4/c1-14-7-8-28(33-20-5-3-4-6-21(20)34-28)22-13-35(14)27(39)23-25(40-2)24(37)17(12-36(22)23)26(38)32-11-16-18(30)9-15(29)10-19(16)31/h3-6,9-10,12,14,22H,7-8,11,13H2,1-2H3,(H,32,38)/t14-,22?/m0/s1. The van der Waals surface area contributed by atoms with Crippen LogP contribution in [0.4, 0.5) is 13.2 Å². The van der Waals surface area contributed by atoms with Gasteiger partial charge >= 0.3 is 0 Å². The van der Waals surface area contributed by atoms with Gasteiger partial charge in [0.2, 0.25) is 5.43 Å². The van der Waals surface area contributed by atoms with Crippen molar-refractivity contribution in [2.24, 2.45) is 9.98 Å². The minimum absolute atomic E-state index is 0.0228. The summed E-state index contributed by atoms with van der Waals surface area (Å²) in [7, 11) is 1.22. The van der Waals surface area contributed by atoms with E-state index in [1.807, 2.05) is 31.2 Å². The normalized spacial score (nSPS) is 20.2. The third-order valence-electron chi connectivity index (χ3n) is 7.85. The van der Waals surface area contributed by atoms with Crippen molar-refractivity contribution in [2.45, 2.75) is 44.1 Å². The van der Waals surface area contributed by atoms with E-state index in [2.05, 4.69) is 5.32 Å². The molecule has 1 saturated heterocycles. The number of benzene rings is 2. The number of ether oxygens (including phenoxy) is 1. The lowest BCUT2D eigenvalue weighted by molar-refractivity contribution is 0.0580. The summed E-state index contributed by atoms with van der Waals surface area (Å²) >= 11 is 0. The summed E-state index contributed by atoms with van der Waals surface area (Å²) in [6.45, 7) is 1.51. The monoisotopic (exact) mass is 551 g/mol. The molecule has 9 nitrogen and oxygen atoms in total. The third kappa shape index (κ3) is 3.89. The highest BCUT2D eigenvalue weighted by molar-refractivity contribution is 5.99. The average molecular weight is 552 g/mol. The Bertz CT molecular complexity index is 1710. The number of aromatic nitrogens is 1. The van der Waals surface area contributed by atoms with E-state index < -0.39 is 64.1 Å². The number of rotatable bonds is 4. The van der Waals surface area contributed by atoms with E-state index in [4.69, 9.17) is 14.7 Å². The Morgan fingerprint density at radius 2 is 1.77 bits per heavy atom. The van der Waals surface area contributed by atoms with Crippen molar-refractivity contribution < 1.29 is 27.5 Å². The van der Waals surface area contributed by atoms with Gasteiger partial charge in [0, 0.05) is 43.0 Å².